The summed E-state index contributed by atoms with van der Waals surface area (Å²) in [7, 11) is -4.45. The number of nitriles is 1. The number of aromatic nitrogens is 2. The Bertz CT molecular complexity index is 1520. The van der Waals surface area contributed by atoms with E-state index < -0.39 is 32.8 Å². The van der Waals surface area contributed by atoms with Crippen molar-refractivity contribution < 1.29 is 35.9 Å². The van der Waals surface area contributed by atoms with E-state index in [1.165, 1.54) is 28.7 Å². The van der Waals surface area contributed by atoms with Crippen LogP contribution in [0.1, 0.15) is 43.6 Å². The van der Waals surface area contributed by atoms with Crippen molar-refractivity contribution in [1.29, 1.82) is 5.26 Å². The molecule has 0 fully saturated rings. The van der Waals surface area contributed by atoms with Crippen LogP contribution in [0.15, 0.2) is 52.4 Å². The van der Waals surface area contributed by atoms with E-state index in [1.807, 2.05) is 6.92 Å². The Morgan fingerprint density at radius 2 is 1.95 bits per heavy atom. The van der Waals surface area contributed by atoms with Gasteiger partial charge in [-0.2, -0.15) is 18.4 Å². The Hall–Kier alpha value is -3.70. The molecule has 2 aromatic carbocycles. The molecule has 0 aliphatic carbocycles. The maximum absolute atomic E-state index is 14.0. The van der Waals surface area contributed by atoms with E-state index >= 15 is 0 Å². The predicted octanol–water partition coefficient (Wildman–Crippen LogP) is 5.98. The normalized spacial score (nSPS) is 11.6. The second kappa shape index (κ2) is 13.1. The van der Waals surface area contributed by atoms with Crippen molar-refractivity contribution in [1.82, 2.24) is 14.3 Å². The van der Waals surface area contributed by atoms with Crippen molar-refractivity contribution in [2.45, 2.75) is 55.8 Å². The van der Waals surface area contributed by atoms with Gasteiger partial charge in [-0.05, 0) is 54.5 Å². The largest absolute Gasteiger partial charge is 0.515 e. The van der Waals surface area contributed by atoms with E-state index in [2.05, 4.69) is 4.98 Å². The quantitative estimate of drug-likeness (QED) is 0.124. The fourth-order valence-electron chi connectivity index (χ4n) is 3.92. The Balaban J connectivity index is 2.09. The minimum Gasteiger partial charge on any atom is -0.434 e. The number of ether oxygens (including phenoxy) is 2. The van der Waals surface area contributed by atoms with Crippen LogP contribution in [0.25, 0.3) is 11.1 Å². The van der Waals surface area contributed by atoms with Gasteiger partial charge in [0.15, 0.2) is 11.2 Å². The van der Waals surface area contributed by atoms with Gasteiger partial charge in [-0.1, -0.05) is 37.6 Å². The molecule has 214 valence electrons. The first-order chi connectivity index (χ1) is 18.9. The summed E-state index contributed by atoms with van der Waals surface area (Å²) in [5.74, 6) is 0.824. The van der Waals surface area contributed by atoms with Crippen LogP contribution in [-0.2, 0) is 33.9 Å². The molecular formula is C26H27F3N4O5S2. The molecule has 1 heterocycles. The highest BCUT2D eigenvalue weighted by atomic mass is 32.2. The van der Waals surface area contributed by atoms with Crippen LogP contribution < -0.4 is 9.46 Å². The molecule has 1 aromatic heterocycles. The number of nitrogens with zero attached hydrogens (tertiary/aromatic N) is 3. The molecule has 0 saturated carbocycles. The molecule has 0 saturated heterocycles. The number of hydrogen-bond acceptors (Lipinski definition) is 8. The second-order valence-electron chi connectivity index (χ2n) is 8.44. The molecule has 0 spiro atoms. The van der Waals surface area contributed by atoms with E-state index in [9.17, 15) is 26.4 Å². The number of carbonyl (C=O) groups excluding carboxylic acids is 1. The first-order valence-electron chi connectivity index (χ1n) is 12.1. The Morgan fingerprint density at radius 1 is 1.20 bits per heavy atom. The molecule has 9 nitrogen and oxygen atoms in total. The Morgan fingerprint density at radius 3 is 2.58 bits per heavy atom. The third kappa shape index (κ3) is 7.28. The highest BCUT2D eigenvalue weighted by molar-refractivity contribution is 7.98. The summed E-state index contributed by atoms with van der Waals surface area (Å²) < 4.78 is 80.0. The number of halogens is 3. The van der Waals surface area contributed by atoms with Crippen molar-refractivity contribution in [3.05, 3.63) is 59.4 Å². The molecule has 3 aromatic rings. The third-order valence-corrected chi connectivity index (χ3v) is 7.61. The lowest BCUT2D eigenvalue weighted by Crippen LogP contribution is -2.19. The fourth-order valence-corrected chi connectivity index (χ4v) is 5.20. The highest BCUT2D eigenvalue weighted by Crippen LogP contribution is 2.39. The van der Waals surface area contributed by atoms with Crippen LogP contribution in [0.4, 0.5) is 18.0 Å². The maximum atomic E-state index is 14.0. The van der Waals surface area contributed by atoms with E-state index in [-0.39, 0.29) is 30.2 Å². The summed E-state index contributed by atoms with van der Waals surface area (Å²) in [5.41, 5.74) is -0.636. The van der Waals surface area contributed by atoms with Crippen molar-refractivity contribution in [2.24, 2.45) is 0 Å². The molecule has 0 unspecified atom stereocenters. The monoisotopic (exact) mass is 596 g/mol. The number of benzene rings is 2. The van der Waals surface area contributed by atoms with Crippen LogP contribution >= 0.6 is 11.8 Å². The topological polar surface area (TPSA) is 123 Å². The molecule has 0 atom stereocenters. The predicted molar refractivity (Wildman–Crippen MR) is 142 cm³/mol. The van der Waals surface area contributed by atoms with Gasteiger partial charge in [0.1, 0.15) is 5.82 Å². The number of hydrogen-bond donors (Lipinski definition) is 1. The lowest BCUT2D eigenvalue weighted by Gasteiger charge is -2.16. The number of carbonyl (C=O) groups is 1. The van der Waals surface area contributed by atoms with Gasteiger partial charge in [0.2, 0.25) is 5.88 Å². The highest BCUT2D eigenvalue weighted by Gasteiger charge is 2.35. The standard InChI is InChI=1S/C26H27F3N4O5S2/c1-4-6-10-22-32-23(39-3)24(38-25(34)37-5-2)33(22)15-17-8-7-9-18(13-17)20-12-11-19(40(35,36)31-16-30)14-21(20)26(27,28)29/h7-9,11-14,31H,4-6,10,15H2,1-3H3. The molecule has 3 rings (SSSR count). The lowest BCUT2D eigenvalue weighted by molar-refractivity contribution is -0.137. The zero-order valence-corrected chi connectivity index (χ0v) is 23.5. The van der Waals surface area contributed by atoms with Gasteiger partial charge in [-0.3, -0.25) is 4.57 Å². The SMILES string of the molecule is CCCCc1nc(SC)c(OC(=O)OCC)n1Cc1cccc(-c2ccc(S(=O)(=O)NC#N)cc2C(F)(F)F)c1. The molecule has 1 N–H and O–H groups in total. The molecule has 0 aliphatic rings. The van der Waals surface area contributed by atoms with Gasteiger partial charge in [-0.15, -0.1) is 11.8 Å². The number of thioether (sulfide) groups is 1. The van der Waals surface area contributed by atoms with E-state index in [0.717, 1.165) is 25.0 Å². The average molecular weight is 597 g/mol. The summed E-state index contributed by atoms with van der Waals surface area (Å²) in [4.78, 5) is 16.1. The third-order valence-electron chi connectivity index (χ3n) is 5.73. The van der Waals surface area contributed by atoms with Crippen LogP contribution in [0, 0.1) is 11.5 Å². The van der Waals surface area contributed by atoms with Gasteiger partial charge in [0.25, 0.3) is 10.0 Å². The Labute approximate surface area is 234 Å². The van der Waals surface area contributed by atoms with Gasteiger partial charge >= 0.3 is 12.3 Å². The number of aryl methyl sites for hydroxylation is 1. The fraction of sp³-hybridized carbons (Fsp3) is 0.346. The van der Waals surface area contributed by atoms with Crippen molar-refractivity contribution in [3.8, 4) is 23.2 Å². The van der Waals surface area contributed by atoms with Gasteiger partial charge in [0, 0.05) is 6.42 Å². The first kappa shape index (κ1) is 30.8. The molecule has 14 heteroatoms. The summed E-state index contributed by atoms with van der Waals surface area (Å²) in [6, 6.07) is 8.87. The number of nitrogens with one attached hydrogen (secondary N) is 1. The summed E-state index contributed by atoms with van der Waals surface area (Å²) in [6.07, 6.45) is -0.488. The molecular weight excluding hydrogens is 569 g/mol. The zero-order valence-electron chi connectivity index (χ0n) is 21.9. The van der Waals surface area contributed by atoms with Crippen LogP contribution in [0.3, 0.4) is 0 Å². The minimum absolute atomic E-state index is 0.112. The average Bonchev–Trinajstić information content (AvgIpc) is 3.22. The van der Waals surface area contributed by atoms with E-state index in [1.54, 1.807) is 35.9 Å². The summed E-state index contributed by atoms with van der Waals surface area (Å²) in [6.45, 7) is 3.91. The van der Waals surface area contributed by atoms with E-state index in [0.29, 0.717) is 28.9 Å². The zero-order chi connectivity index (χ0) is 29.5. The number of alkyl halides is 3. The van der Waals surface area contributed by atoms with Crippen LogP contribution in [-0.4, -0.2) is 37.0 Å². The molecule has 0 amide bonds. The van der Waals surface area contributed by atoms with Crippen molar-refractivity contribution >= 4 is 27.9 Å². The smallest absolute Gasteiger partial charge is 0.434 e. The summed E-state index contributed by atoms with van der Waals surface area (Å²) >= 11 is 1.28. The number of unbranched alkanes of at least 4 members (excludes halogenated alkanes) is 1. The van der Waals surface area contributed by atoms with E-state index in [4.69, 9.17) is 14.7 Å². The van der Waals surface area contributed by atoms with Crippen LogP contribution in [0.2, 0.25) is 0 Å². The molecule has 0 radical (unpaired) electrons. The summed E-state index contributed by atoms with van der Waals surface area (Å²) in [5, 5.41) is 9.12. The minimum atomic E-state index is -4.88. The molecule has 0 bridgehead atoms. The van der Waals surface area contributed by atoms with Crippen LogP contribution in [0.5, 0.6) is 5.88 Å². The number of imidazole rings is 1. The molecule has 0 aliphatic heterocycles. The van der Waals surface area contributed by atoms with Crippen molar-refractivity contribution in [2.75, 3.05) is 12.9 Å². The first-order valence-corrected chi connectivity index (χ1v) is 14.8. The van der Waals surface area contributed by atoms with Gasteiger partial charge in [0.05, 0.1) is 23.6 Å². The Kier molecular flexibility index (Phi) is 10.1. The number of sulfonamides is 1. The van der Waals surface area contributed by atoms with Gasteiger partial charge < -0.3 is 9.47 Å². The molecule has 40 heavy (non-hydrogen) atoms. The van der Waals surface area contributed by atoms with Gasteiger partial charge in [-0.25, -0.2) is 22.9 Å². The number of rotatable bonds is 11. The van der Waals surface area contributed by atoms with Crippen molar-refractivity contribution in [3.63, 3.8) is 0 Å². The second-order valence-corrected chi connectivity index (χ2v) is 10.9. The lowest BCUT2D eigenvalue weighted by atomic mass is 9.97. The maximum Gasteiger partial charge on any atom is 0.515 e.